The van der Waals surface area contributed by atoms with Gasteiger partial charge in [-0.15, -0.1) is 0 Å². The fraction of sp³-hybridized carbons (Fsp3) is 0.105. The first kappa shape index (κ1) is 22.8. The van der Waals surface area contributed by atoms with Crippen LogP contribution in [0.2, 0.25) is 0 Å². The maximum absolute atomic E-state index is 6.49. The zero-order valence-electron chi connectivity index (χ0n) is 22.8. The number of benzene rings is 5. The topological polar surface area (TPSA) is 19.1 Å². The predicted octanol–water partition coefficient (Wildman–Crippen LogP) is 9.94. The summed E-state index contributed by atoms with van der Waals surface area (Å²) in [5.41, 5.74) is 11.3. The van der Waals surface area contributed by atoms with E-state index in [-0.39, 0.29) is 0 Å². The molecule has 0 N–H and O–H groups in total. The Hall–Kier alpha value is -5.02. The van der Waals surface area contributed by atoms with Gasteiger partial charge in [0.2, 0.25) is 0 Å². The quantitative estimate of drug-likeness (QED) is 0.218. The van der Waals surface area contributed by atoms with Crippen molar-refractivity contribution in [2.75, 3.05) is 0 Å². The second kappa shape index (κ2) is 8.49. The Balaban J connectivity index is 1.17. The minimum Gasteiger partial charge on any atom is -0.457 e. The van der Waals surface area contributed by atoms with E-state index in [4.69, 9.17) is 4.74 Å². The van der Waals surface area contributed by atoms with Gasteiger partial charge in [-0.1, -0.05) is 73.7 Å². The molecule has 0 radical (unpaired) electrons. The monoisotopic (exact) mass is 528 g/mol. The van der Waals surface area contributed by atoms with Crippen LogP contribution in [-0.2, 0) is 6.42 Å². The highest BCUT2D eigenvalue weighted by Crippen LogP contribution is 2.43. The highest BCUT2D eigenvalue weighted by molar-refractivity contribution is 6.09. The van der Waals surface area contributed by atoms with Crippen molar-refractivity contribution in [3.63, 3.8) is 0 Å². The van der Waals surface area contributed by atoms with Gasteiger partial charge < -0.3 is 13.9 Å². The summed E-state index contributed by atoms with van der Waals surface area (Å²) in [6.45, 7) is 2.34. The lowest BCUT2D eigenvalue weighted by Crippen LogP contribution is -2.09. The fourth-order valence-electron chi connectivity index (χ4n) is 7.14. The average molecular weight is 529 g/mol. The van der Waals surface area contributed by atoms with Gasteiger partial charge in [-0.2, -0.15) is 0 Å². The zero-order chi connectivity index (χ0) is 27.1. The van der Waals surface area contributed by atoms with Gasteiger partial charge in [-0.3, -0.25) is 0 Å². The normalized spacial score (nSPS) is 15.6. The number of allylic oxidation sites excluding steroid dienone is 1. The van der Waals surface area contributed by atoms with E-state index in [0.717, 1.165) is 30.0 Å². The van der Waals surface area contributed by atoms with Crippen LogP contribution in [0.15, 0.2) is 115 Å². The van der Waals surface area contributed by atoms with E-state index in [0.29, 0.717) is 5.92 Å². The van der Waals surface area contributed by atoms with Crippen LogP contribution in [0, 0.1) is 0 Å². The number of aromatic nitrogens is 2. The molecule has 0 spiro atoms. The largest absolute Gasteiger partial charge is 0.457 e. The molecule has 7 aromatic rings. The molecule has 1 atom stereocenters. The van der Waals surface area contributed by atoms with Gasteiger partial charge in [0.25, 0.3) is 0 Å². The highest BCUT2D eigenvalue weighted by atomic mass is 16.5. The Morgan fingerprint density at radius 1 is 0.610 bits per heavy atom. The molecule has 1 aliphatic carbocycles. The van der Waals surface area contributed by atoms with E-state index < -0.39 is 0 Å². The third kappa shape index (κ3) is 3.26. The van der Waals surface area contributed by atoms with Crippen molar-refractivity contribution in [1.82, 2.24) is 9.13 Å². The van der Waals surface area contributed by atoms with Crippen LogP contribution in [0.5, 0.6) is 11.5 Å². The van der Waals surface area contributed by atoms with E-state index in [2.05, 4.69) is 137 Å². The molecule has 3 nitrogen and oxygen atoms in total. The van der Waals surface area contributed by atoms with E-state index >= 15 is 0 Å². The smallest absolute Gasteiger partial charge is 0.131 e. The number of para-hydroxylation sites is 3. The summed E-state index contributed by atoms with van der Waals surface area (Å²) >= 11 is 0. The first-order valence-corrected chi connectivity index (χ1v) is 14.5. The molecular formula is C38H28N2O. The third-order valence-corrected chi connectivity index (χ3v) is 8.98. The van der Waals surface area contributed by atoms with Gasteiger partial charge >= 0.3 is 0 Å². The maximum Gasteiger partial charge on any atom is 0.131 e. The summed E-state index contributed by atoms with van der Waals surface area (Å²) in [4.78, 5) is 0. The van der Waals surface area contributed by atoms with Gasteiger partial charge in [0, 0.05) is 62.3 Å². The minimum absolute atomic E-state index is 0.462. The van der Waals surface area contributed by atoms with E-state index in [1.165, 1.54) is 60.8 Å². The first-order valence-electron chi connectivity index (χ1n) is 14.5. The van der Waals surface area contributed by atoms with Crippen LogP contribution >= 0.6 is 0 Å². The molecule has 0 fully saturated rings. The lowest BCUT2D eigenvalue weighted by atomic mass is 9.93. The summed E-state index contributed by atoms with van der Waals surface area (Å²) in [7, 11) is 0. The lowest BCUT2D eigenvalue weighted by Gasteiger charge is -2.24. The van der Waals surface area contributed by atoms with Gasteiger partial charge in [-0.25, -0.2) is 0 Å². The van der Waals surface area contributed by atoms with Crippen LogP contribution < -0.4 is 4.74 Å². The molecule has 5 aromatic carbocycles. The standard InChI is InChI=1S/C38H28N2O/c1-24-9-8-13-32-31-12-4-7-16-35(31)40(38(24)32)28-18-20-37-26(23-28)21-25-22-27(17-19-36(25)41-37)39-33-14-5-2-10-29(33)30-11-3-6-15-34(30)39/h2-8,10-20,22-24H,9,21H2,1H3. The first-order chi connectivity index (χ1) is 20.2. The molecule has 0 bridgehead atoms. The van der Waals surface area contributed by atoms with Crippen molar-refractivity contribution in [1.29, 1.82) is 0 Å². The SMILES string of the molecule is CC1CC=Cc2c1n(-c1ccc3c(c1)Cc1cc(-n4c5ccccc5c5ccccc54)ccc1O3)c1ccccc21. The molecule has 2 aromatic heterocycles. The molecule has 0 amide bonds. The number of hydrogen-bond acceptors (Lipinski definition) is 1. The van der Waals surface area contributed by atoms with E-state index in [9.17, 15) is 0 Å². The van der Waals surface area contributed by atoms with Crippen LogP contribution in [0.4, 0.5) is 0 Å². The number of ether oxygens (including phenoxy) is 1. The molecule has 0 saturated carbocycles. The van der Waals surface area contributed by atoms with Crippen LogP contribution in [0.1, 0.15) is 41.6 Å². The summed E-state index contributed by atoms with van der Waals surface area (Å²) in [5, 5.41) is 3.87. The Kier molecular flexibility index (Phi) is 4.71. The Labute approximate surface area is 238 Å². The predicted molar refractivity (Wildman–Crippen MR) is 169 cm³/mol. The van der Waals surface area contributed by atoms with Crippen LogP contribution in [0.25, 0.3) is 50.2 Å². The highest BCUT2D eigenvalue weighted by Gasteiger charge is 2.25. The summed E-state index contributed by atoms with van der Waals surface area (Å²) < 4.78 is 11.3. The Morgan fingerprint density at radius 3 is 1.78 bits per heavy atom. The van der Waals surface area contributed by atoms with Crippen LogP contribution in [0.3, 0.4) is 0 Å². The fourth-order valence-corrected chi connectivity index (χ4v) is 7.14. The second-order valence-electron chi connectivity index (χ2n) is 11.4. The van der Waals surface area contributed by atoms with E-state index in [1.807, 2.05) is 0 Å². The molecule has 3 heterocycles. The average Bonchev–Trinajstić information content (AvgIpc) is 3.54. The molecule has 3 heteroatoms. The minimum atomic E-state index is 0.462. The number of fused-ring (bicyclic) bond motifs is 8. The molecule has 1 aliphatic heterocycles. The molecule has 2 aliphatic rings. The van der Waals surface area contributed by atoms with Gasteiger partial charge in [0.1, 0.15) is 11.5 Å². The van der Waals surface area contributed by atoms with Crippen molar-refractivity contribution in [3.8, 4) is 22.9 Å². The number of nitrogens with zero attached hydrogens (tertiary/aromatic N) is 2. The van der Waals surface area contributed by atoms with Gasteiger partial charge in [0.05, 0.1) is 16.6 Å². The second-order valence-corrected chi connectivity index (χ2v) is 11.4. The van der Waals surface area contributed by atoms with Crippen molar-refractivity contribution in [2.24, 2.45) is 0 Å². The number of hydrogen-bond donors (Lipinski definition) is 0. The summed E-state index contributed by atoms with van der Waals surface area (Å²) in [6, 6.07) is 39.5. The Bertz CT molecular complexity index is 2160. The lowest BCUT2D eigenvalue weighted by molar-refractivity contribution is 0.460. The number of rotatable bonds is 2. The van der Waals surface area contributed by atoms with Crippen molar-refractivity contribution in [2.45, 2.75) is 25.7 Å². The van der Waals surface area contributed by atoms with Crippen molar-refractivity contribution < 1.29 is 4.74 Å². The molecule has 0 saturated heterocycles. The van der Waals surface area contributed by atoms with Crippen LogP contribution in [-0.4, -0.2) is 9.13 Å². The molecule has 41 heavy (non-hydrogen) atoms. The van der Waals surface area contributed by atoms with E-state index in [1.54, 1.807) is 0 Å². The Morgan fingerprint density at radius 2 is 1.15 bits per heavy atom. The molecule has 196 valence electrons. The van der Waals surface area contributed by atoms with Crippen molar-refractivity contribution in [3.05, 3.63) is 138 Å². The zero-order valence-corrected chi connectivity index (χ0v) is 22.8. The van der Waals surface area contributed by atoms with Gasteiger partial charge in [0.15, 0.2) is 0 Å². The third-order valence-electron chi connectivity index (χ3n) is 8.98. The molecule has 9 rings (SSSR count). The molecular weight excluding hydrogens is 500 g/mol. The maximum atomic E-state index is 6.49. The van der Waals surface area contributed by atoms with Gasteiger partial charge in [-0.05, 0) is 61.0 Å². The van der Waals surface area contributed by atoms with Crippen molar-refractivity contribution >= 4 is 38.8 Å². The summed E-state index contributed by atoms with van der Waals surface area (Å²) in [6.07, 6.45) is 6.52. The summed E-state index contributed by atoms with van der Waals surface area (Å²) in [5.74, 6) is 2.35. The molecule has 1 unspecified atom stereocenters.